The average molecular weight is 299 g/mol. The molecule has 0 fully saturated rings. The summed E-state index contributed by atoms with van der Waals surface area (Å²) in [5.74, 6) is 0.952. The summed E-state index contributed by atoms with van der Waals surface area (Å²) in [6.45, 7) is 2.06. The molecule has 0 spiro atoms. The van der Waals surface area contributed by atoms with Crippen molar-refractivity contribution in [1.29, 1.82) is 0 Å². The summed E-state index contributed by atoms with van der Waals surface area (Å²) < 4.78 is 0.894. The van der Waals surface area contributed by atoms with Crippen molar-refractivity contribution >= 4 is 45.5 Å². The minimum absolute atomic E-state index is 0.00685. The zero-order valence-electron chi connectivity index (χ0n) is 9.88. The SMILES string of the molecule is CCSc1nnc(NC(=O)CCc2cccs2)s1. The number of thioether (sulfide) groups is 1. The van der Waals surface area contributed by atoms with E-state index in [4.69, 9.17) is 0 Å². The summed E-state index contributed by atoms with van der Waals surface area (Å²) >= 11 is 4.72. The highest BCUT2D eigenvalue weighted by atomic mass is 32.2. The maximum Gasteiger partial charge on any atom is 0.226 e. The number of hydrogen-bond donors (Lipinski definition) is 1. The number of carbonyl (C=O) groups excluding carboxylic acids is 1. The van der Waals surface area contributed by atoms with Gasteiger partial charge in [0, 0.05) is 11.3 Å². The lowest BCUT2D eigenvalue weighted by Gasteiger charge is -1.99. The topological polar surface area (TPSA) is 54.9 Å². The molecule has 0 radical (unpaired) electrons. The quantitative estimate of drug-likeness (QED) is 0.657. The Hall–Kier alpha value is -0.920. The summed E-state index contributed by atoms with van der Waals surface area (Å²) in [7, 11) is 0. The second kappa shape index (κ2) is 6.86. The van der Waals surface area contributed by atoms with E-state index in [0.717, 1.165) is 16.5 Å². The molecule has 96 valence electrons. The van der Waals surface area contributed by atoms with E-state index < -0.39 is 0 Å². The summed E-state index contributed by atoms with van der Waals surface area (Å²) in [4.78, 5) is 12.9. The first-order chi connectivity index (χ1) is 8.78. The van der Waals surface area contributed by atoms with Crippen LogP contribution in [-0.4, -0.2) is 21.9 Å². The molecule has 7 heteroatoms. The normalized spacial score (nSPS) is 10.5. The predicted octanol–water partition coefficient (Wildman–Crippen LogP) is 3.28. The van der Waals surface area contributed by atoms with Crippen molar-refractivity contribution in [2.75, 3.05) is 11.1 Å². The second-order valence-electron chi connectivity index (χ2n) is 3.43. The van der Waals surface area contributed by atoms with Gasteiger partial charge in [-0.3, -0.25) is 4.79 Å². The summed E-state index contributed by atoms with van der Waals surface area (Å²) in [6, 6.07) is 4.04. The van der Waals surface area contributed by atoms with Gasteiger partial charge in [0.15, 0.2) is 4.34 Å². The van der Waals surface area contributed by atoms with E-state index in [0.29, 0.717) is 11.6 Å². The van der Waals surface area contributed by atoms with Crippen molar-refractivity contribution in [2.45, 2.75) is 24.1 Å². The minimum atomic E-state index is -0.00685. The molecule has 0 aliphatic rings. The van der Waals surface area contributed by atoms with Crippen LogP contribution >= 0.6 is 34.4 Å². The Bertz CT molecular complexity index is 495. The number of thiophene rings is 1. The summed E-state index contributed by atoms with van der Waals surface area (Å²) in [5.41, 5.74) is 0. The van der Waals surface area contributed by atoms with Crippen LogP contribution in [0.2, 0.25) is 0 Å². The Labute approximate surface area is 118 Å². The molecule has 2 aromatic heterocycles. The van der Waals surface area contributed by atoms with Crippen molar-refractivity contribution < 1.29 is 4.79 Å². The first-order valence-electron chi connectivity index (χ1n) is 5.56. The van der Waals surface area contributed by atoms with Gasteiger partial charge in [-0.2, -0.15) is 0 Å². The third-order valence-corrected chi connectivity index (χ3v) is 4.89. The summed E-state index contributed by atoms with van der Waals surface area (Å²) in [6.07, 6.45) is 1.26. The zero-order valence-corrected chi connectivity index (χ0v) is 12.3. The van der Waals surface area contributed by atoms with Crippen molar-refractivity contribution in [1.82, 2.24) is 10.2 Å². The molecule has 2 aromatic rings. The third-order valence-electron chi connectivity index (χ3n) is 2.10. The Morgan fingerprint density at radius 2 is 2.39 bits per heavy atom. The van der Waals surface area contributed by atoms with Gasteiger partial charge in [0.2, 0.25) is 11.0 Å². The fourth-order valence-corrected chi connectivity index (χ4v) is 3.69. The van der Waals surface area contributed by atoms with Gasteiger partial charge in [0.05, 0.1) is 0 Å². The fourth-order valence-electron chi connectivity index (χ4n) is 1.32. The molecular formula is C11H13N3OS3. The molecule has 4 nitrogen and oxygen atoms in total. The third kappa shape index (κ3) is 4.08. The van der Waals surface area contributed by atoms with Gasteiger partial charge in [0.25, 0.3) is 0 Å². The van der Waals surface area contributed by atoms with Crippen molar-refractivity contribution in [3.05, 3.63) is 22.4 Å². The van der Waals surface area contributed by atoms with E-state index in [1.165, 1.54) is 16.2 Å². The van der Waals surface area contributed by atoms with Gasteiger partial charge in [-0.05, 0) is 23.6 Å². The number of hydrogen-bond acceptors (Lipinski definition) is 6. The van der Waals surface area contributed by atoms with E-state index in [2.05, 4.69) is 22.4 Å². The highest BCUT2D eigenvalue weighted by molar-refractivity contribution is 8.01. The Kier molecular flexibility index (Phi) is 5.15. The summed E-state index contributed by atoms with van der Waals surface area (Å²) in [5, 5.41) is 13.3. The molecule has 0 saturated heterocycles. The number of anilines is 1. The molecule has 0 aromatic carbocycles. The number of rotatable bonds is 6. The number of nitrogens with zero attached hydrogens (tertiary/aromatic N) is 2. The first kappa shape index (κ1) is 13.5. The van der Waals surface area contributed by atoms with E-state index in [1.54, 1.807) is 23.1 Å². The molecule has 0 unspecified atom stereocenters. The molecule has 0 aliphatic carbocycles. The van der Waals surface area contributed by atoms with Crippen LogP contribution in [0.5, 0.6) is 0 Å². The molecule has 0 atom stereocenters. The number of aromatic nitrogens is 2. The Morgan fingerprint density at radius 1 is 1.50 bits per heavy atom. The molecule has 0 bridgehead atoms. The van der Waals surface area contributed by atoms with Crippen LogP contribution in [0.3, 0.4) is 0 Å². The molecule has 2 rings (SSSR count). The maximum absolute atomic E-state index is 11.7. The molecule has 0 aliphatic heterocycles. The number of carbonyl (C=O) groups is 1. The largest absolute Gasteiger partial charge is 0.300 e. The van der Waals surface area contributed by atoms with E-state index in [1.807, 2.05) is 17.5 Å². The second-order valence-corrected chi connectivity index (χ2v) is 6.95. The molecule has 2 heterocycles. The van der Waals surface area contributed by atoms with Crippen LogP contribution in [0.4, 0.5) is 5.13 Å². The fraction of sp³-hybridized carbons (Fsp3) is 0.364. The van der Waals surface area contributed by atoms with Crippen molar-refractivity contribution in [2.24, 2.45) is 0 Å². The number of aryl methyl sites for hydroxylation is 1. The Morgan fingerprint density at radius 3 is 3.11 bits per heavy atom. The van der Waals surface area contributed by atoms with Gasteiger partial charge in [-0.25, -0.2) is 0 Å². The maximum atomic E-state index is 11.7. The van der Waals surface area contributed by atoms with Crippen molar-refractivity contribution in [3.63, 3.8) is 0 Å². The monoisotopic (exact) mass is 299 g/mol. The van der Waals surface area contributed by atoms with E-state index in [-0.39, 0.29) is 5.91 Å². The highest BCUT2D eigenvalue weighted by Gasteiger charge is 2.08. The predicted molar refractivity (Wildman–Crippen MR) is 77.6 cm³/mol. The lowest BCUT2D eigenvalue weighted by molar-refractivity contribution is -0.116. The van der Waals surface area contributed by atoms with Crippen LogP contribution in [0.1, 0.15) is 18.2 Å². The van der Waals surface area contributed by atoms with Gasteiger partial charge in [-0.1, -0.05) is 36.1 Å². The standard InChI is InChI=1S/C11H13N3OS3/c1-2-16-11-14-13-10(18-11)12-9(15)6-5-8-4-3-7-17-8/h3-4,7H,2,5-6H2,1H3,(H,12,13,15). The highest BCUT2D eigenvalue weighted by Crippen LogP contribution is 2.25. The van der Waals surface area contributed by atoms with Crippen LogP contribution in [-0.2, 0) is 11.2 Å². The van der Waals surface area contributed by atoms with Gasteiger partial charge in [0.1, 0.15) is 0 Å². The smallest absolute Gasteiger partial charge is 0.226 e. The molecule has 1 amide bonds. The van der Waals surface area contributed by atoms with E-state index in [9.17, 15) is 4.79 Å². The lowest BCUT2D eigenvalue weighted by Crippen LogP contribution is -2.11. The van der Waals surface area contributed by atoms with Crippen LogP contribution < -0.4 is 5.32 Å². The zero-order chi connectivity index (χ0) is 12.8. The molecular weight excluding hydrogens is 286 g/mol. The molecule has 0 saturated carbocycles. The van der Waals surface area contributed by atoms with Crippen LogP contribution in [0.15, 0.2) is 21.9 Å². The van der Waals surface area contributed by atoms with Crippen molar-refractivity contribution in [3.8, 4) is 0 Å². The van der Waals surface area contributed by atoms with Gasteiger partial charge >= 0.3 is 0 Å². The van der Waals surface area contributed by atoms with Gasteiger partial charge < -0.3 is 5.32 Å². The minimum Gasteiger partial charge on any atom is -0.300 e. The lowest BCUT2D eigenvalue weighted by atomic mass is 10.2. The number of amides is 1. The van der Waals surface area contributed by atoms with Crippen LogP contribution in [0, 0.1) is 0 Å². The Balaban J connectivity index is 1.79. The molecule has 18 heavy (non-hydrogen) atoms. The van der Waals surface area contributed by atoms with E-state index >= 15 is 0 Å². The first-order valence-corrected chi connectivity index (χ1v) is 8.24. The number of nitrogens with one attached hydrogen (secondary N) is 1. The van der Waals surface area contributed by atoms with Gasteiger partial charge in [-0.15, -0.1) is 21.5 Å². The molecule has 1 N–H and O–H groups in total. The average Bonchev–Trinajstić information content (AvgIpc) is 2.99. The van der Waals surface area contributed by atoms with Crippen LogP contribution in [0.25, 0.3) is 0 Å².